The maximum Gasteiger partial charge on any atom is 0.251 e. The summed E-state index contributed by atoms with van der Waals surface area (Å²) >= 11 is 1.62. The van der Waals surface area contributed by atoms with Crippen LogP contribution in [0.2, 0.25) is 0 Å². The number of nitrogens with one attached hydrogen (secondary N) is 1. The molecule has 0 atom stereocenters. The van der Waals surface area contributed by atoms with Gasteiger partial charge in [-0.3, -0.25) is 4.79 Å². The van der Waals surface area contributed by atoms with Crippen molar-refractivity contribution in [2.45, 2.75) is 20.4 Å². The van der Waals surface area contributed by atoms with E-state index in [0.717, 1.165) is 21.8 Å². The lowest BCUT2D eigenvalue weighted by atomic mass is 10.1. The molecule has 1 amide bonds. The van der Waals surface area contributed by atoms with Gasteiger partial charge in [0.25, 0.3) is 5.91 Å². The molecule has 3 rings (SSSR count). The topological polar surface area (TPSA) is 42.0 Å². The molecule has 3 aromatic rings. The van der Waals surface area contributed by atoms with Crippen LogP contribution in [0, 0.1) is 19.7 Å². The lowest BCUT2D eigenvalue weighted by Gasteiger charge is -2.07. The van der Waals surface area contributed by atoms with E-state index in [2.05, 4.69) is 10.3 Å². The van der Waals surface area contributed by atoms with E-state index in [9.17, 15) is 9.18 Å². The van der Waals surface area contributed by atoms with Crippen molar-refractivity contribution in [1.29, 1.82) is 0 Å². The Morgan fingerprint density at radius 1 is 1.17 bits per heavy atom. The van der Waals surface area contributed by atoms with Crippen LogP contribution in [0.15, 0.2) is 47.8 Å². The van der Waals surface area contributed by atoms with Gasteiger partial charge in [0, 0.05) is 23.1 Å². The van der Waals surface area contributed by atoms with Crippen LogP contribution in [0.4, 0.5) is 4.39 Å². The van der Waals surface area contributed by atoms with Crippen LogP contribution < -0.4 is 5.32 Å². The Bertz CT molecular complexity index is 871. The van der Waals surface area contributed by atoms with Crippen LogP contribution in [-0.4, -0.2) is 10.9 Å². The van der Waals surface area contributed by atoms with Gasteiger partial charge in [-0.2, -0.15) is 0 Å². The molecule has 0 unspecified atom stereocenters. The lowest BCUT2D eigenvalue weighted by molar-refractivity contribution is 0.0950. The number of hydrogen-bond acceptors (Lipinski definition) is 3. The standard InChI is InChI=1S/C19H17FN2OS/c1-12-3-6-16(9-17(12)20)19(23)21-10-14-4-7-15(8-5-14)18-11-24-13(2)22-18/h3-9,11H,10H2,1-2H3,(H,21,23). The number of carbonyl (C=O) groups is 1. The fourth-order valence-electron chi connectivity index (χ4n) is 2.31. The smallest absolute Gasteiger partial charge is 0.251 e. The number of benzene rings is 2. The van der Waals surface area contributed by atoms with Crippen LogP contribution in [0.1, 0.15) is 26.5 Å². The van der Waals surface area contributed by atoms with Gasteiger partial charge in [0.2, 0.25) is 0 Å². The Labute approximate surface area is 144 Å². The third-order valence-electron chi connectivity index (χ3n) is 3.76. The maximum absolute atomic E-state index is 13.5. The molecule has 1 heterocycles. The molecule has 0 saturated carbocycles. The molecule has 0 bridgehead atoms. The average molecular weight is 340 g/mol. The number of nitrogens with zero attached hydrogens (tertiary/aromatic N) is 1. The normalized spacial score (nSPS) is 10.6. The summed E-state index contributed by atoms with van der Waals surface area (Å²) in [6.45, 7) is 4.04. The second-order valence-corrected chi connectivity index (χ2v) is 6.66. The number of aromatic nitrogens is 1. The minimum absolute atomic E-state index is 0.284. The van der Waals surface area contributed by atoms with E-state index in [4.69, 9.17) is 0 Å². The largest absolute Gasteiger partial charge is 0.348 e. The molecule has 1 N–H and O–H groups in total. The van der Waals surface area contributed by atoms with Crippen molar-refractivity contribution >= 4 is 17.2 Å². The fourth-order valence-corrected chi connectivity index (χ4v) is 2.93. The summed E-state index contributed by atoms with van der Waals surface area (Å²) in [7, 11) is 0. The first-order valence-electron chi connectivity index (χ1n) is 7.59. The first-order chi connectivity index (χ1) is 11.5. The highest BCUT2D eigenvalue weighted by molar-refractivity contribution is 7.09. The zero-order valence-electron chi connectivity index (χ0n) is 13.5. The predicted octanol–water partition coefficient (Wildman–Crippen LogP) is 4.50. The fraction of sp³-hybridized carbons (Fsp3) is 0.158. The van der Waals surface area contributed by atoms with Crippen LogP contribution in [-0.2, 0) is 6.54 Å². The second kappa shape index (κ2) is 6.93. The van der Waals surface area contributed by atoms with E-state index in [-0.39, 0.29) is 11.7 Å². The summed E-state index contributed by atoms with van der Waals surface area (Å²) < 4.78 is 13.5. The number of aryl methyl sites for hydroxylation is 2. The van der Waals surface area contributed by atoms with E-state index < -0.39 is 0 Å². The molecule has 0 saturated heterocycles. The summed E-state index contributed by atoms with van der Waals surface area (Å²) in [6.07, 6.45) is 0. The SMILES string of the molecule is Cc1nc(-c2ccc(CNC(=O)c3ccc(C)c(F)c3)cc2)cs1. The zero-order chi connectivity index (χ0) is 17.1. The highest BCUT2D eigenvalue weighted by atomic mass is 32.1. The number of carbonyl (C=O) groups excluding carboxylic acids is 1. The number of thiazole rings is 1. The van der Waals surface area contributed by atoms with Crippen molar-refractivity contribution in [2.24, 2.45) is 0 Å². The third kappa shape index (κ3) is 3.68. The van der Waals surface area contributed by atoms with Gasteiger partial charge < -0.3 is 5.32 Å². The molecule has 1 aromatic heterocycles. The van der Waals surface area contributed by atoms with Crippen molar-refractivity contribution in [2.75, 3.05) is 0 Å². The molecule has 5 heteroatoms. The Morgan fingerprint density at radius 3 is 2.54 bits per heavy atom. The van der Waals surface area contributed by atoms with Crippen molar-refractivity contribution in [3.05, 3.63) is 75.4 Å². The van der Waals surface area contributed by atoms with E-state index in [1.165, 1.54) is 6.07 Å². The summed E-state index contributed by atoms with van der Waals surface area (Å²) in [6, 6.07) is 12.4. The quantitative estimate of drug-likeness (QED) is 0.760. The molecule has 0 radical (unpaired) electrons. The average Bonchev–Trinajstić information content (AvgIpc) is 3.02. The van der Waals surface area contributed by atoms with Crippen LogP contribution in [0.3, 0.4) is 0 Å². The van der Waals surface area contributed by atoms with Gasteiger partial charge in [-0.1, -0.05) is 30.3 Å². The molecule has 122 valence electrons. The zero-order valence-corrected chi connectivity index (χ0v) is 14.3. The number of halogens is 1. The molecule has 24 heavy (non-hydrogen) atoms. The lowest BCUT2D eigenvalue weighted by Crippen LogP contribution is -2.22. The Balaban J connectivity index is 1.64. The van der Waals surface area contributed by atoms with E-state index in [1.807, 2.05) is 36.6 Å². The highest BCUT2D eigenvalue weighted by Crippen LogP contribution is 2.21. The molecule has 0 aliphatic carbocycles. The maximum atomic E-state index is 13.5. The van der Waals surface area contributed by atoms with Crippen molar-refractivity contribution in [3.8, 4) is 11.3 Å². The molecule has 0 fully saturated rings. The third-order valence-corrected chi connectivity index (χ3v) is 4.53. The Hall–Kier alpha value is -2.53. The summed E-state index contributed by atoms with van der Waals surface area (Å²) in [5, 5.41) is 5.87. The minimum atomic E-state index is -0.370. The summed E-state index contributed by atoms with van der Waals surface area (Å²) in [5.41, 5.74) is 3.84. The molecule has 3 nitrogen and oxygen atoms in total. The van der Waals surface area contributed by atoms with Gasteiger partial charge in [-0.05, 0) is 37.1 Å². The Morgan fingerprint density at radius 2 is 1.92 bits per heavy atom. The van der Waals surface area contributed by atoms with E-state index in [1.54, 1.807) is 30.4 Å². The minimum Gasteiger partial charge on any atom is -0.348 e. The van der Waals surface area contributed by atoms with E-state index in [0.29, 0.717) is 17.7 Å². The molecule has 0 spiro atoms. The highest BCUT2D eigenvalue weighted by Gasteiger charge is 2.08. The van der Waals surface area contributed by atoms with Crippen LogP contribution >= 0.6 is 11.3 Å². The van der Waals surface area contributed by atoms with Crippen LogP contribution in [0.5, 0.6) is 0 Å². The first kappa shape index (κ1) is 16.3. The van der Waals surface area contributed by atoms with Gasteiger partial charge in [0.05, 0.1) is 10.7 Å². The second-order valence-electron chi connectivity index (χ2n) is 5.60. The molecule has 0 aliphatic rings. The van der Waals surface area contributed by atoms with Crippen LogP contribution in [0.25, 0.3) is 11.3 Å². The van der Waals surface area contributed by atoms with E-state index >= 15 is 0 Å². The number of amides is 1. The summed E-state index contributed by atoms with van der Waals surface area (Å²) in [5.74, 6) is -0.654. The van der Waals surface area contributed by atoms with Gasteiger partial charge in [0.1, 0.15) is 5.82 Å². The van der Waals surface area contributed by atoms with Gasteiger partial charge in [-0.15, -0.1) is 11.3 Å². The molecule has 2 aromatic carbocycles. The number of rotatable bonds is 4. The van der Waals surface area contributed by atoms with Gasteiger partial charge in [-0.25, -0.2) is 9.37 Å². The van der Waals surface area contributed by atoms with Crippen molar-refractivity contribution in [1.82, 2.24) is 10.3 Å². The molecular formula is C19H17FN2OS. The first-order valence-corrected chi connectivity index (χ1v) is 8.46. The number of hydrogen-bond donors (Lipinski definition) is 1. The van der Waals surface area contributed by atoms with Gasteiger partial charge in [0.15, 0.2) is 0 Å². The summed E-state index contributed by atoms with van der Waals surface area (Å²) in [4.78, 5) is 16.5. The Kier molecular flexibility index (Phi) is 4.71. The van der Waals surface area contributed by atoms with Crippen molar-refractivity contribution < 1.29 is 9.18 Å². The predicted molar refractivity (Wildman–Crippen MR) is 94.6 cm³/mol. The van der Waals surface area contributed by atoms with Crippen molar-refractivity contribution in [3.63, 3.8) is 0 Å². The molecular weight excluding hydrogens is 323 g/mol. The molecule has 0 aliphatic heterocycles. The monoisotopic (exact) mass is 340 g/mol. The van der Waals surface area contributed by atoms with Gasteiger partial charge >= 0.3 is 0 Å².